The first-order chi connectivity index (χ1) is 8.24. The van der Waals surface area contributed by atoms with Crippen LogP contribution in [0.3, 0.4) is 0 Å². The van der Waals surface area contributed by atoms with Gasteiger partial charge in [0.15, 0.2) is 0 Å². The van der Waals surface area contributed by atoms with E-state index in [1.54, 1.807) is 6.08 Å². The number of carboxylic acids is 1. The first kappa shape index (κ1) is 11.9. The van der Waals surface area contributed by atoms with Crippen molar-refractivity contribution in [2.24, 2.45) is 0 Å². The number of benzene rings is 1. The van der Waals surface area contributed by atoms with E-state index in [0.717, 1.165) is 12.1 Å². The highest BCUT2D eigenvalue weighted by Gasteiger charge is 2.11. The molecule has 3 heteroatoms. The fraction of sp³-hybridized carbons (Fsp3) is 0.357. The number of hydrogen-bond donors (Lipinski definition) is 1. The van der Waals surface area contributed by atoms with Gasteiger partial charge in [-0.15, -0.1) is 0 Å². The normalized spacial score (nSPS) is 16.7. The number of hydrogen-bond acceptors (Lipinski definition) is 2. The van der Waals surface area contributed by atoms with Crippen LogP contribution >= 0.6 is 0 Å². The SMILES string of the molecule is O=C(O)/C=C/c1cccc(CN2CCCC2)c1. The highest BCUT2D eigenvalue weighted by Crippen LogP contribution is 2.14. The van der Waals surface area contributed by atoms with Crippen LogP contribution in [0.4, 0.5) is 0 Å². The molecule has 1 aromatic carbocycles. The molecule has 2 rings (SSSR count). The van der Waals surface area contributed by atoms with Crippen LogP contribution < -0.4 is 0 Å². The van der Waals surface area contributed by atoms with Crippen molar-refractivity contribution in [1.82, 2.24) is 4.90 Å². The van der Waals surface area contributed by atoms with Crippen molar-refractivity contribution in [3.05, 3.63) is 41.5 Å². The van der Waals surface area contributed by atoms with Crippen molar-refractivity contribution in [2.75, 3.05) is 13.1 Å². The van der Waals surface area contributed by atoms with Gasteiger partial charge in [0.2, 0.25) is 0 Å². The minimum atomic E-state index is -0.907. The molecule has 1 N–H and O–H groups in total. The summed E-state index contributed by atoms with van der Waals surface area (Å²) in [5.74, 6) is -0.907. The first-order valence-electron chi connectivity index (χ1n) is 5.96. The highest BCUT2D eigenvalue weighted by atomic mass is 16.4. The number of aliphatic carboxylic acids is 1. The maximum Gasteiger partial charge on any atom is 0.328 e. The maximum atomic E-state index is 10.4. The number of carbonyl (C=O) groups is 1. The van der Waals surface area contributed by atoms with Crippen LogP contribution in [0, 0.1) is 0 Å². The van der Waals surface area contributed by atoms with E-state index in [1.807, 2.05) is 12.1 Å². The third-order valence-electron chi connectivity index (χ3n) is 2.97. The zero-order valence-corrected chi connectivity index (χ0v) is 9.80. The molecule has 17 heavy (non-hydrogen) atoms. The second kappa shape index (κ2) is 5.64. The quantitative estimate of drug-likeness (QED) is 0.809. The molecule has 0 atom stereocenters. The Morgan fingerprint density at radius 1 is 1.35 bits per heavy atom. The van der Waals surface area contributed by atoms with Gasteiger partial charge in [-0.1, -0.05) is 24.3 Å². The third kappa shape index (κ3) is 3.71. The van der Waals surface area contributed by atoms with Crippen molar-refractivity contribution in [1.29, 1.82) is 0 Å². The molecule has 1 fully saturated rings. The summed E-state index contributed by atoms with van der Waals surface area (Å²) in [6.07, 6.45) is 5.39. The molecule has 0 radical (unpaired) electrons. The van der Waals surface area contributed by atoms with Gasteiger partial charge in [0.05, 0.1) is 0 Å². The van der Waals surface area contributed by atoms with E-state index in [2.05, 4.69) is 17.0 Å². The third-order valence-corrected chi connectivity index (χ3v) is 2.97. The molecule has 0 saturated carbocycles. The molecule has 3 nitrogen and oxygen atoms in total. The summed E-state index contributed by atoms with van der Waals surface area (Å²) in [6, 6.07) is 8.05. The van der Waals surface area contributed by atoms with Crippen LogP contribution in [-0.2, 0) is 11.3 Å². The van der Waals surface area contributed by atoms with Crippen molar-refractivity contribution in [3.8, 4) is 0 Å². The van der Waals surface area contributed by atoms with Gasteiger partial charge in [0.25, 0.3) is 0 Å². The molecule has 1 aliphatic rings. The number of carboxylic acid groups (broad SMARTS) is 1. The van der Waals surface area contributed by atoms with Gasteiger partial charge in [-0.3, -0.25) is 4.90 Å². The summed E-state index contributed by atoms with van der Waals surface area (Å²) >= 11 is 0. The summed E-state index contributed by atoms with van der Waals surface area (Å²) in [5, 5.41) is 8.58. The Hall–Kier alpha value is -1.61. The van der Waals surface area contributed by atoms with Gasteiger partial charge in [0, 0.05) is 12.6 Å². The molecule has 1 heterocycles. The molecular weight excluding hydrogens is 214 g/mol. The van der Waals surface area contributed by atoms with Gasteiger partial charge < -0.3 is 5.11 Å². The molecule has 90 valence electrons. The fourth-order valence-electron chi connectivity index (χ4n) is 2.16. The Labute approximate surface area is 101 Å². The van der Waals surface area contributed by atoms with Crippen molar-refractivity contribution < 1.29 is 9.90 Å². The Balaban J connectivity index is 2.02. The first-order valence-corrected chi connectivity index (χ1v) is 5.96. The van der Waals surface area contributed by atoms with E-state index in [0.29, 0.717) is 0 Å². The predicted molar refractivity (Wildman–Crippen MR) is 67.6 cm³/mol. The van der Waals surface area contributed by atoms with Crippen molar-refractivity contribution >= 4 is 12.0 Å². The van der Waals surface area contributed by atoms with Crippen LogP contribution in [0.5, 0.6) is 0 Å². The minimum Gasteiger partial charge on any atom is -0.478 e. The van der Waals surface area contributed by atoms with Gasteiger partial charge >= 0.3 is 5.97 Å². The van der Waals surface area contributed by atoms with Gasteiger partial charge in [0.1, 0.15) is 0 Å². The van der Waals surface area contributed by atoms with E-state index in [4.69, 9.17) is 5.11 Å². The second-order valence-corrected chi connectivity index (χ2v) is 4.40. The van der Waals surface area contributed by atoms with Gasteiger partial charge in [-0.05, 0) is 43.1 Å². The van der Waals surface area contributed by atoms with E-state index in [-0.39, 0.29) is 0 Å². The van der Waals surface area contributed by atoms with Gasteiger partial charge in [-0.2, -0.15) is 0 Å². The molecule has 1 aliphatic heterocycles. The second-order valence-electron chi connectivity index (χ2n) is 4.40. The maximum absolute atomic E-state index is 10.4. The molecule has 1 saturated heterocycles. The molecule has 0 spiro atoms. The Morgan fingerprint density at radius 2 is 2.12 bits per heavy atom. The summed E-state index contributed by atoms with van der Waals surface area (Å²) in [7, 11) is 0. The fourth-order valence-corrected chi connectivity index (χ4v) is 2.16. The average Bonchev–Trinajstić information content (AvgIpc) is 2.80. The Bertz CT molecular complexity index is 420. The minimum absolute atomic E-state index is 0.907. The Kier molecular flexibility index (Phi) is 3.94. The molecule has 0 amide bonds. The average molecular weight is 231 g/mol. The summed E-state index contributed by atoms with van der Waals surface area (Å²) < 4.78 is 0. The zero-order valence-electron chi connectivity index (χ0n) is 9.80. The largest absolute Gasteiger partial charge is 0.478 e. The molecule has 0 unspecified atom stereocenters. The lowest BCUT2D eigenvalue weighted by molar-refractivity contribution is -0.131. The molecule has 0 aromatic heterocycles. The molecule has 0 aliphatic carbocycles. The number of rotatable bonds is 4. The van der Waals surface area contributed by atoms with E-state index in [9.17, 15) is 4.79 Å². The molecule has 1 aromatic rings. The van der Waals surface area contributed by atoms with Crippen molar-refractivity contribution in [3.63, 3.8) is 0 Å². The van der Waals surface area contributed by atoms with Gasteiger partial charge in [-0.25, -0.2) is 4.79 Å². The van der Waals surface area contributed by atoms with E-state index < -0.39 is 5.97 Å². The van der Waals surface area contributed by atoms with E-state index >= 15 is 0 Å². The molecule has 0 bridgehead atoms. The lowest BCUT2D eigenvalue weighted by Gasteiger charge is -2.14. The lowest BCUT2D eigenvalue weighted by Crippen LogP contribution is -2.18. The van der Waals surface area contributed by atoms with E-state index in [1.165, 1.54) is 37.6 Å². The summed E-state index contributed by atoms with van der Waals surface area (Å²) in [5.41, 5.74) is 2.20. The molecular formula is C14H17NO2. The smallest absolute Gasteiger partial charge is 0.328 e. The topological polar surface area (TPSA) is 40.5 Å². The Morgan fingerprint density at radius 3 is 2.82 bits per heavy atom. The van der Waals surface area contributed by atoms with Crippen LogP contribution in [-0.4, -0.2) is 29.1 Å². The zero-order chi connectivity index (χ0) is 12.1. The summed E-state index contributed by atoms with van der Waals surface area (Å²) in [4.78, 5) is 12.9. The van der Waals surface area contributed by atoms with Crippen molar-refractivity contribution in [2.45, 2.75) is 19.4 Å². The van der Waals surface area contributed by atoms with Crippen LogP contribution in [0.2, 0.25) is 0 Å². The standard InChI is InChI=1S/C14H17NO2/c16-14(17)7-6-12-4-3-5-13(10-12)11-15-8-1-2-9-15/h3-7,10H,1-2,8-9,11H2,(H,16,17)/b7-6+. The van der Waals surface area contributed by atoms with Crippen LogP contribution in [0.25, 0.3) is 6.08 Å². The summed E-state index contributed by atoms with van der Waals surface area (Å²) in [6.45, 7) is 3.32. The highest BCUT2D eigenvalue weighted by molar-refractivity contribution is 5.85. The number of nitrogens with zero attached hydrogens (tertiary/aromatic N) is 1. The van der Waals surface area contributed by atoms with Crippen LogP contribution in [0.1, 0.15) is 24.0 Å². The monoisotopic (exact) mass is 231 g/mol. The predicted octanol–water partition coefficient (Wildman–Crippen LogP) is 2.38. The lowest BCUT2D eigenvalue weighted by atomic mass is 10.1. The van der Waals surface area contributed by atoms with Crippen LogP contribution in [0.15, 0.2) is 30.3 Å². The number of likely N-dealkylation sites (tertiary alicyclic amines) is 1.